The largest absolute Gasteiger partial charge is 0.505 e. The van der Waals surface area contributed by atoms with E-state index < -0.39 is 17.4 Å². The molecule has 1 saturated carbocycles. The van der Waals surface area contributed by atoms with E-state index in [2.05, 4.69) is 19.1 Å². The summed E-state index contributed by atoms with van der Waals surface area (Å²) in [4.78, 5) is 0. The number of hydrogen-bond acceptors (Lipinski definition) is 1. The SMILES string of the molecule is CCCC1CCC(c2ccc(-c3cc(F)c4c(F)c(O)ccc4c3)cc2)CC1. The number of phenolic OH excluding ortho intramolecular Hbond substituents is 1. The molecule has 0 aliphatic heterocycles. The van der Waals surface area contributed by atoms with Gasteiger partial charge in [0.1, 0.15) is 5.82 Å². The molecule has 1 N–H and O–H groups in total. The van der Waals surface area contributed by atoms with Crippen molar-refractivity contribution >= 4 is 10.8 Å². The number of fused-ring (bicyclic) bond motifs is 1. The number of phenols is 1. The van der Waals surface area contributed by atoms with Gasteiger partial charge in [-0.05, 0) is 77.8 Å². The maximum Gasteiger partial charge on any atom is 0.175 e. The van der Waals surface area contributed by atoms with Crippen LogP contribution in [0.25, 0.3) is 21.9 Å². The van der Waals surface area contributed by atoms with Crippen LogP contribution in [0.3, 0.4) is 0 Å². The normalized spacial score (nSPS) is 19.8. The third-order valence-corrected chi connectivity index (χ3v) is 6.24. The lowest BCUT2D eigenvalue weighted by Crippen LogP contribution is -2.13. The number of halogens is 2. The number of benzene rings is 3. The Bertz CT molecular complexity index is 970. The highest BCUT2D eigenvalue weighted by atomic mass is 19.1. The Morgan fingerprint density at radius 1 is 0.893 bits per heavy atom. The van der Waals surface area contributed by atoms with Gasteiger partial charge in [0.2, 0.25) is 0 Å². The minimum absolute atomic E-state index is 0.163. The van der Waals surface area contributed by atoms with Crippen molar-refractivity contribution in [1.29, 1.82) is 0 Å². The Morgan fingerprint density at radius 2 is 1.61 bits per heavy atom. The smallest absolute Gasteiger partial charge is 0.175 e. The van der Waals surface area contributed by atoms with Crippen molar-refractivity contribution < 1.29 is 13.9 Å². The maximum atomic E-state index is 14.5. The molecule has 1 nitrogen and oxygen atoms in total. The Morgan fingerprint density at radius 3 is 2.29 bits per heavy atom. The first-order chi connectivity index (χ1) is 13.6. The van der Waals surface area contributed by atoms with Crippen molar-refractivity contribution in [2.45, 2.75) is 51.4 Å². The molecule has 28 heavy (non-hydrogen) atoms. The second kappa shape index (κ2) is 7.90. The second-order valence-electron chi connectivity index (χ2n) is 8.08. The third kappa shape index (κ3) is 3.63. The summed E-state index contributed by atoms with van der Waals surface area (Å²) in [7, 11) is 0. The second-order valence-corrected chi connectivity index (χ2v) is 8.08. The Hall–Kier alpha value is -2.42. The molecule has 0 spiro atoms. The van der Waals surface area contributed by atoms with Crippen molar-refractivity contribution in [2.75, 3.05) is 0 Å². The molecular weight excluding hydrogens is 354 g/mol. The summed E-state index contributed by atoms with van der Waals surface area (Å²) in [6, 6.07) is 14.3. The fraction of sp³-hybridized carbons (Fsp3) is 0.360. The van der Waals surface area contributed by atoms with Gasteiger partial charge in [-0.25, -0.2) is 8.78 Å². The average molecular weight is 380 g/mol. The van der Waals surface area contributed by atoms with Crippen molar-refractivity contribution in [1.82, 2.24) is 0 Å². The first kappa shape index (κ1) is 18.9. The minimum atomic E-state index is -0.907. The van der Waals surface area contributed by atoms with Crippen molar-refractivity contribution in [3.05, 3.63) is 65.7 Å². The van der Waals surface area contributed by atoms with Crippen molar-refractivity contribution in [3.8, 4) is 16.9 Å². The molecule has 1 aliphatic rings. The van der Waals surface area contributed by atoms with E-state index in [1.807, 2.05) is 12.1 Å². The summed E-state index contributed by atoms with van der Waals surface area (Å²) >= 11 is 0. The molecule has 0 amide bonds. The highest BCUT2D eigenvalue weighted by Crippen LogP contribution is 2.38. The summed E-state index contributed by atoms with van der Waals surface area (Å²) in [5, 5.41) is 9.77. The molecule has 3 aromatic rings. The molecule has 0 radical (unpaired) electrons. The molecular formula is C25H26F2O. The van der Waals surface area contributed by atoms with Gasteiger partial charge < -0.3 is 5.11 Å². The van der Waals surface area contributed by atoms with E-state index in [-0.39, 0.29) is 5.39 Å². The zero-order valence-electron chi connectivity index (χ0n) is 16.2. The molecule has 3 aromatic carbocycles. The van der Waals surface area contributed by atoms with Crippen LogP contribution in [-0.4, -0.2) is 5.11 Å². The Kier molecular flexibility index (Phi) is 5.34. The zero-order chi connectivity index (χ0) is 19.7. The van der Waals surface area contributed by atoms with E-state index in [0.29, 0.717) is 16.9 Å². The predicted molar refractivity (Wildman–Crippen MR) is 111 cm³/mol. The van der Waals surface area contributed by atoms with Gasteiger partial charge in [-0.15, -0.1) is 0 Å². The molecule has 3 heteroatoms. The molecule has 0 bridgehead atoms. The molecule has 146 valence electrons. The lowest BCUT2D eigenvalue weighted by molar-refractivity contribution is 0.308. The van der Waals surface area contributed by atoms with Crippen LogP contribution in [0.15, 0.2) is 48.5 Å². The zero-order valence-corrected chi connectivity index (χ0v) is 16.2. The molecule has 1 aliphatic carbocycles. The van der Waals surface area contributed by atoms with Crippen LogP contribution in [0, 0.1) is 17.6 Å². The van der Waals surface area contributed by atoms with E-state index >= 15 is 0 Å². The van der Waals surface area contributed by atoms with Gasteiger partial charge in [0.15, 0.2) is 11.6 Å². The van der Waals surface area contributed by atoms with Crippen LogP contribution in [-0.2, 0) is 0 Å². The average Bonchev–Trinajstić information content (AvgIpc) is 2.71. The monoisotopic (exact) mass is 380 g/mol. The van der Waals surface area contributed by atoms with Crippen LogP contribution < -0.4 is 0 Å². The predicted octanol–water partition coefficient (Wildman–Crippen LogP) is 7.56. The maximum absolute atomic E-state index is 14.5. The van der Waals surface area contributed by atoms with Gasteiger partial charge in [0, 0.05) is 0 Å². The summed E-state index contributed by atoms with van der Waals surface area (Å²) in [5.41, 5.74) is 2.99. The number of aromatic hydroxyl groups is 1. The number of rotatable bonds is 4. The lowest BCUT2D eigenvalue weighted by Gasteiger charge is -2.28. The van der Waals surface area contributed by atoms with Crippen LogP contribution in [0.5, 0.6) is 5.75 Å². The van der Waals surface area contributed by atoms with Gasteiger partial charge >= 0.3 is 0 Å². The van der Waals surface area contributed by atoms with Crippen LogP contribution in [0.4, 0.5) is 8.78 Å². The first-order valence-electron chi connectivity index (χ1n) is 10.3. The lowest BCUT2D eigenvalue weighted by atomic mass is 9.77. The Labute approximate surface area is 165 Å². The molecule has 0 unspecified atom stereocenters. The fourth-order valence-corrected chi connectivity index (χ4v) is 4.67. The van der Waals surface area contributed by atoms with Gasteiger partial charge in [-0.3, -0.25) is 0 Å². The quantitative estimate of drug-likeness (QED) is 0.495. The molecule has 0 aromatic heterocycles. The van der Waals surface area contributed by atoms with Gasteiger partial charge in [0.25, 0.3) is 0 Å². The molecule has 0 atom stereocenters. The molecule has 0 saturated heterocycles. The summed E-state index contributed by atoms with van der Waals surface area (Å²) < 4.78 is 28.5. The van der Waals surface area contributed by atoms with Crippen molar-refractivity contribution in [2.24, 2.45) is 5.92 Å². The van der Waals surface area contributed by atoms with Crippen LogP contribution >= 0.6 is 0 Å². The van der Waals surface area contributed by atoms with Gasteiger partial charge in [0.05, 0.1) is 5.39 Å². The molecule has 1 fully saturated rings. The summed E-state index contributed by atoms with van der Waals surface area (Å²) in [6.07, 6.45) is 7.74. The van der Waals surface area contributed by atoms with E-state index in [1.165, 1.54) is 56.2 Å². The van der Waals surface area contributed by atoms with Gasteiger partial charge in [-0.2, -0.15) is 0 Å². The van der Waals surface area contributed by atoms with E-state index in [4.69, 9.17) is 0 Å². The summed E-state index contributed by atoms with van der Waals surface area (Å²) in [5.74, 6) is -0.583. The molecule has 4 rings (SSSR count). The van der Waals surface area contributed by atoms with Crippen molar-refractivity contribution in [3.63, 3.8) is 0 Å². The first-order valence-corrected chi connectivity index (χ1v) is 10.3. The van der Waals surface area contributed by atoms with Gasteiger partial charge in [-0.1, -0.05) is 50.1 Å². The van der Waals surface area contributed by atoms with Crippen LogP contribution in [0.1, 0.15) is 56.9 Å². The highest BCUT2D eigenvalue weighted by molar-refractivity contribution is 5.89. The highest BCUT2D eigenvalue weighted by Gasteiger charge is 2.22. The minimum Gasteiger partial charge on any atom is -0.505 e. The van der Waals surface area contributed by atoms with E-state index in [1.54, 1.807) is 12.1 Å². The Balaban J connectivity index is 1.57. The third-order valence-electron chi connectivity index (χ3n) is 6.24. The molecule has 0 heterocycles. The number of hydrogen-bond donors (Lipinski definition) is 1. The topological polar surface area (TPSA) is 20.2 Å². The van der Waals surface area contributed by atoms with Crippen LogP contribution in [0.2, 0.25) is 0 Å². The summed E-state index contributed by atoms with van der Waals surface area (Å²) in [6.45, 7) is 2.26. The standard InChI is InChI=1S/C25H26F2O/c1-2-3-16-4-6-17(7-5-16)18-8-10-19(11-9-18)21-14-20-12-13-23(28)25(27)24(20)22(26)15-21/h8-17,28H,2-7H2,1H3. The van der Waals surface area contributed by atoms with E-state index in [0.717, 1.165) is 11.5 Å². The van der Waals surface area contributed by atoms with E-state index in [9.17, 15) is 13.9 Å². The fourth-order valence-electron chi connectivity index (χ4n) is 4.67.